The molecule has 5 rings (SSSR count). The summed E-state index contributed by atoms with van der Waals surface area (Å²) in [5.41, 5.74) is 9.86. The number of aromatic nitrogens is 1. The number of aryl methyl sites for hydroxylation is 1. The Labute approximate surface area is 333 Å². The number of H-pyrrole nitrogens is 1. The van der Waals surface area contributed by atoms with Crippen LogP contribution < -0.4 is 21.3 Å². The van der Waals surface area contributed by atoms with Gasteiger partial charge in [-0.3, -0.25) is 29.1 Å². The number of likely N-dealkylation sites (N-methyl/N-ethyl adjacent to an activating group) is 1. The van der Waals surface area contributed by atoms with Crippen molar-refractivity contribution in [2.45, 2.75) is 32.0 Å². The molecule has 0 bridgehead atoms. The molecule has 55 heavy (non-hydrogen) atoms. The molecule has 7 N–H and O–H groups in total. The number of halogens is 2. The SMILES string of the molecule is CN(C)C/C=C/C(O)N1CCN(c2ccc(CCC(=O)NCC(=O)NCCN=C/C=C(\N)c3cc(Cl)c(Cl)c4[nH]c5c(c34)CN(C(=O)CO)CC5)s2)C(=O)C1. The van der Waals surface area contributed by atoms with E-state index in [4.69, 9.17) is 28.9 Å². The summed E-state index contributed by atoms with van der Waals surface area (Å²) >= 11 is 14.4. The molecule has 296 valence electrons. The maximum absolute atomic E-state index is 12.9. The Morgan fingerprint density at radius 2 is 1.95 bits per heavy atom. The summed E-state index contributed by atoms with van der Waals surface area (Å²) in [4.78, 5) is 65.4. The van der Waals surface area contributed by atoms with Crippen LogP contribution in [0.2, 0.25) is 10.0 Å². The number of nitrogens with two attached hydrogens (primary N) is 1. The highest BCUT2D eigenvalue weighted by Gasteiger charge is 2.29. The molecule has 2 aliphatic rings. The van der Waals surface area contributed by atoms with Crippen molar-refractivity contribution in [3.63, 3.8) is 0 Å². The van der Waals surface area contributed by atoms with E-state index in [1.807, 2.05) is 37.2 Å². The molecule has 0 spiro atoms. The number of hydrogen-bond donors (Lipinski definition) is 6. The Bertz CT molecular complexity index is 1980. The second-order valence-corrected chi connectivity index (χ2v) is 15.4. The Morgan fingerprint density at radius 3 is 2.69 bits per heavy atom. The van der Waals surface area contributed by atoms with E-state index < -0.39 is 12.8 Å². The van der Waals surface area contributed by atoms with E-state index in [1.54, 1.807) is 32.9 Å². The highest BCUT2D eigenvalue weighted by Crippen LogP contribution is 2.40. The third kappa shape index (κ3) is 10.9. The van der Waals surface area contributed by atoms with Gasteiger partial charge < -0.3 is 46.3 Å². The minimum atomic E-state index is -0.819. The van der Waals surface area contributed by atoms with E-state index in [-0.39, 0.29) is 56.2 Å². The van der Waals surface area contributed by atoms with Crippen molar-refractivity contribution < 1.29 is 29.4 Å². The van der Waals surface area contributed by atoms with Gasteiger partial charge in [-0.2, -0.15) is 0 Å². The number of aromatic amines is 1. The molecule has 2 aliphatic heterocycles. The quantitative estimate of drug-likeness (QED) is 0.0709. The monoisotopic (exact) mass is 815 g/mol. The molecule has 3 aromatic rings. The number of anilines is 1. The van der Waals surface area contributed by atoms with Gasteiger partial charge in [-0.05, 0) is 50.9 Å². The molecular formula is C37H47Cl2N9O6S. The van der Waals surface area contributed by atoms with Gasteiger partial charge in [0, 0.05) is 91.1 Å². The fourth-order valence-electron chi connectivity index (χ4n) is 6.31. The summed E-state index contributed by atoms with van der Waals surface area (Å²) in [6, 6.07) is 5.44. The highest BCUT2D eigenvalue weighted by atomic mass is 35.5. The average molecular weight is 817 g/mol. The fraction of sp³-hybridized carbons (Fsp3) is 0.432. The molecule has 1 fully saturated rings. The number of rotatable bonds is 16. The van der Waals surface area contributed by atoms with E-state index in [9.17, 15) is 29.4 Å². The third-order valence-electron chi connectivity index (χ3n) is 9.22. The Kier molecular flexibility index (Phi) is 14.9. The number of aliphatic hydroxyl groups excluding tert-OH is 2. The molecule has 1 unspecified atom stereocenters. The van der Waals surface area contributed by atoms with Crippen molar-refractivity contribution in [3.8, 4) is 0 Å². The van der Waals surface area contributed by atoms with Crippen LogP contribution in [0.15, 0.2) is 41.4 Å². The fourth-order valence-corrected chi connectivity index (χ4v) is 7.76. The van der Waals surface area contributed by atoms with E-state index in [1.165, 1.54) is 17.6 Å². The molecule has 1 saturated heterocycles. The van der Waals surface area contributed by atoms with Gasteiger partial charge in [0.2, 0.25) is 23.6 Å². The van der Waals surface area contributed by atoms with Gasteiger partial charge in [0.15, 0.2) is 0 Å². The maximum atomic E-state index is 12.9. The number of carbonyl (C=O) groups is 4. The molecule has 18 heteroatoms. The number of fused-ring (bicyclic) bond motifs is 3. The van der Waals surface area contributed by atoms with Crippen LogP contribution >= 0.6 is 34.5 Å². The lowest BCUT2D eigenvalue weighted by atomic mass is 9.99. The van der Waals surface area contributed by atoms with Gasteiger partial charge in [0.1, 0.15) is 12.8 Å². The van der Waals surface area contributed by atoms with Crippen LogP contribution in [0, 0.1) is 0 Å². The normalized spacial score (nSPS) is 16.1. The summed E-state index contributed by atoms with van der Waals surface area (Å²) in [6.45, 7) is 2.33. The summed E-state index contributed by atoms with van der Waals surface area (Å²) in [5, 5.41) is 27.4. The van der Waals surface area contributed by atoms with Crippen molar-refractivity contribution in [2.75, 3.05) is 78.0 Å². The van der Waals surface area contributed by atoms with Crippen molar-refractivity contribution in [1.29, 1.82) is 0 Å². The van der Waals surface area contributed by atoms with Crippen LogP contribution in [0.25, 0.3) is 16.6 Å². The minimum absolute atomic E-state index is 0.0950. The molecule has 0 saturated carbocycles. The zero-order valence-electron chi connectivity index (χ0n) is 30.8. The Balaban J connectivity index is 1.02. The standard InChI is InChI=1S/C37H47Cl2N9O6S/c1-45(2)14-3-4-31(52)47-16-17-48(32(53)21-47)34-8-6-23(55-34)5-7-29(50)43-19-30(51)42-13-12-41-11-9-27(40)24-18-26(38)36(39)37-35(24)25-20-46(33(54)22-49)15-10-28(25)44-37/h3-4,6,8-9,11,18,31,44,49,52H,5,7,10,12-17,19-22,40H2,1-2H3,(H,42,51)(H,43,50)/b4-3+,27-9-,41-11?. The summed E-state index contributed by atoms with van der Waals surface area (Å²) in [6.07, 6.45) is 7.12. The van der Waals surface area contributed by atoms with Gasteiger partial charge in [0.05, 0.1) is 40.2 Å². The van der Waals surface area contributed by atoms with E-state index >= 15 is 0 Å². The van der Waals surface area contributed by atoms with Gasteiger partial charge in [-0.15, -0.1) is 11.3 Å². The van der Waals surface area contributed by atoms with Crippen LogP contribution in [0.1, 0.15) is 28.1 Å². The number of benzene rings is 1. The number of nitrogens with one attached hydrogen (secondary N) is 3. The average Bonchev–Trinajstić information content (AvgIpc) is 3.80. The molecule has 0 aliphatic carbocycles. The molecule has 1 atom stereocenters. The number of amides is 4. The zero-order chi connectivity index (χ0) is 39.6. The van der Waals surface area contributed by atoms with Gasteiger partial charge in [-0.1, -0.05) is 29.3 Å². The van der Waals surface area contributed by atoms with Gasteiger partial charge in [-0.25, -0.2) is 0 Å². The Hall–Kier alpha value is -4.29. The van der Waals surface area contributed by atoms with Crippen LogP contribution in [0.3, 0.4) is 0 Å². The smallest absolute Gasteiger partial charge is 0.248 e. The minimum Gasteiger partial charge on any atom is -0.398 e. The van der Waals surface area contributed by atoms with Crippen LogP contribution in [0.4, 0.5) is 5.00 Å². The predicted octanol–water partition coefficient (Wildman–Crippen LogP) is 1.73. The first-order valence-corrected chi connectivity index (χ1v) is 19.5. The number of aliphatic hydroxyl groups is 2. The molecular weight excluding hydrogens is 769 g/mol. The van der Waals surface area contributed by atoms with E-state index in [0.29, 0.717) is 72.4 Å². The predicted molar refractivity (Wildman–Crippen MR) is 216 cm³/mol. The van der Waals surface area contributed by atoms with Gasteiger partial charge >= 0.3 is 0 Å². The summed E-state index contributed by atoms with van der Waals surface area (Å²) < 4.78 is 0. The Morgan fingerprint density at radius 1 is 1.15 bits per heavy atom. The lowest BCUT2D eigenvalue weighted by molar-refractivity contribution is -0.135. The largest absolute Gasteiger partial charge is 0.398 e. The topological polar surface area (TPSA) is 200 Å². The first kappa shape index (κ1) is 41.9. The molecule has 0 radical (unpaired) electrons. The van der Waals surface area contributed by atoms with Crippen molar-refractivity contribution in [1.82, 2.24) is 30.3 Å². The van der Waals surface area contributed by atoms with Crippen LogP contribution in [-0.4, -0.2) is 139 Å². The molecule has 15 nitrogen and oxygen atoms in total. The second-order valence-electron chi connectivity index (χ2n) is 13.4. The van der Waals surface area contributed by atoms with Crippen molar-refractivity contribution >= 4 is 86.0 Å². The number of carbonyl (C=O) groups excluding carboxylic acids is 4. The summed E-state index contributed by atoms with van der Waals surface area (Å²) in [5.74, 6) is -1.07. The number of nitrogens with zero attached hydrogens (tertiary/aromatic N) is 5. The number of thiophene rings is 1. The molecule has 4 amide bonds. The molecule has 1 aromatic carbocycles. The van der Waals surface area contributed by atoms with Crippen LogP contribution in [-0.2, 0) is 38.6 Å². The van der Waals surface area contributed by atoms with E-state index in [2.05, 4.69) is 20.6 Å². The van der Waals surface area contributed by atoms with Crippen molar-refractivity contribution in [2.24, 2.45) is 10.7 Å². The highest BCUT2D eigenvalue weighted by molar-refractivity contribution is 7.16. The second kappa shape index (κ2) is 19.5. The first-order chi connectivity index (χ1) is 26.4. The first-order valence-electron chi connectivity index (χ1n) is 17.9. The maximum Gasteiger partial charge on any atom is 0.248 e. The lowest BCUT2D eigenvalue weighted by Crippen LogP contribution is -2.53. The third-order valence-corrected chi connectivity index (χ3v) is 11.2. The zero-order valence-corrected chi connectivity index (χ0v) is 33.1. The number of piperazine rings is 1. The van der Waals surface area contributed by atoms with E-state index in [0.717, 1.165) is 26.5 Å². The number of hydrogen-bond acceptors (Lipinski definition) is 11. The number of allylic oxidation sites excluding steroid dienone is 1. The lowest BCUT2D eigenvalue weighted by Gasteiger charge is -2.35. The summed E-state index contributed by atoms with van der Waals surface area (Å²) in [7, 11) is 3.88. The van der Waals surface area contributed by atoms with Crippen LogP contribution in [0.5, 0.6) is 0 Å². The molecule has 2 aromatic heterocycles. The van der Waals surface area contributed by atoms with Gasteiger partial charge in [0.25, 0.3) is 0 Å². The number of aliphatic imine (C=N–C) groups is 1. The molecule has 4 heterocycles. The van der Waals surface area contributed by atoms with Crippen molar-refractivity contribution in [3.05, 3.63) is 68.2 Å².